The number of anilines is 2. The molecule has 10 aromatic rings. The second-order valence-corrected chi connectivity index (χ2v) is 22.4. The average Bonchev–Trinajstić information content (AvgIpc) is 4.06. The van der Waals surface area contributed by atoms with Crippen molar-refractivity contribution in [3.05, 3.63) is 292 Å². The van der Waals surface area contributed by atoms with Gasteiger partial charge in [-0.3, -0.25) is 0 Å². The molecule has 0 saturated heterocycles. The van der Waals surface area contributed by atoms with Crippen LogP contribution in [0.1, 0.15) is 76.0 Å². The molecule has 6 aliphatic rings. The van der Waals surface area contributed by atoms with Gasteiger partial charge in [-0.1, -0.05) is 195 Å². The lowest BCUT2D eigenvalue weighted by molar-refractivity contribution is 0.435. The third kappa shape index (κ3) is 5.43. The molecule has 2 atom stereocenters. The van der Waals surface area contributed by atoms with Crippen LogP contribution < -0.4 is 9.64 Å². The van der Waals surface area contributed by atoms with E-state index in [0.717, 1.165) is 24.3 Å². The van der Waals surface area contributed by atoms with Crippen LogP contribution in [0.15, 0.2) is 246 Å². The zero-order valence-corrected chi connectivity index (χ0v) is 42.0. The monoisotopic (exact) mass is 966 g/mol. The fourth-order valence-corrected chi connectivity index (χ4v) is 15.8. The Bertz CT molecular complexity index is 4060. The van der Waals surface area contributed by atoms with Gasteiger partial charge in [0.1, 0.15) is 11.5 Å². The molecule has 0 bridgehead atoms. The maximum atomic E-state index is 6.85. The van der Waals surface area contributed by atoms with E-state index in [4.69, 9.17) is 4.74 Å². The lowest BCUT2D eigenvalue weighted by Crippen LogP contribution is -2.46. The van der Waals surface area contributed by atoms with Crippen LogP contribution in [-0.2, 0) is 17.3 Å². The quantitative estimate of drug-likeness (QED) is 0.175. The van der Waals surface area contributed by atoms with Gasteiger partial charge in [0.25, 0.3) is 0 Å². The molecule has 0 radical (unpaired) electrons. The van der Waals surface area contributed by atoms with Crippen molar-refractivity contribution in [3.63, 3.8) is 0 Å². The molecule has 2 unspecified atom stereocenters. The number of para-hydroxylation sites is 4. The lowest BCUT2D eigenvalue weighted by atomic mass is 9.64. The lowest BCUT2D eigenvalue weighted by Gasteiger charge is -2.45. The fraction of sp³-hybridized carbons (Fsp3) is 0.114. The van der Waals surface area contributed by atoms with Crippen molar-refractivity contribution >= 4 is 45.7 Å². The second kappa shape index (κ2) is 15.4. The van der Waals surface area contributed by atoms with Gasteiger partial charge in [-0.25, -0.2) is 0 Å². The van der Waals surface area contributed by atoms with Crippen molar-refractivity contribution < 1.29 is 4.74 Å². The van der Waals surface area contributed by atoms with Crippen molar-refractivity contribution in [1.82, 2.24) is 4.57 Å². The van der Waals surface area contributed by atoms with E-state index in [1.165, 1.54) is 116 Å². The maximum Gasteiger partial charge on any atom is 0.132 e. The van der Waals surface area contributed by atoms with Crippen LogP contribution in [0.25, 0.3) is 39.4 Å². The van der Waals surface area contributed by atoms with E-state index in [-0.39, 0.29) is 0 Å². The molecular weight excluding hydrogens is 917 g/mol. The Kier molecular flexibility index (Phi) is 8.77. The number of ether oxygens (including phenoxy) is 1. The summed E-state index contributed by atoms with van der Waals surface area (Å²) in [7, 11) is 0. The fourth-order valence-electron chi connectivity index (χ4n) is 14.6. The van der Waals surface area contributed by atoms with Gasteiger partial charge in [-0.15, -0.1) is 0 Å². The molecule has 4 aliphatic carbocycles. The summed E-state index contributed by atoms with van der Waals surface area (Å²) in [5, 5.41) is 1.28. The summed E-state index contributed by atoms with van der Waals surface area (Å²) in [6, 6.07) is 79.7. The van der Waals surface area contributed by atoms with Crippen LogP contribution in [0.3, 0.4) is 0 Å². The molecule has 0 fully saturated rings. The number of rotatable bonds is 4. The zero-order chi connectivity index (χ0) is 48.9. The van der Waals surface area contributed by atoms with Gasteiger partial charge in [-0.2, -0.15) is 0 Å². The standard InChI is InChI=1S/C70H50N2OS/c1-44-35-38-53-51(41-44)67-58(69(53)54-24-9-14-31-63(54)73-64-32-15-10-25-55(64)69)28-18-30-61(67)72(68(2)40-39-50-49-22-7-13-29-60(49)71(62(50)43-68)45-19-4-3-5-20-45)46-36-37-48-47-21-6-8-23-52(47)70(59(48)42-46)56-26-11-16-33-65(56)74-66-34-17-12-27-57(66)70/h3-40,42,44H,41,43H2,1-2H3. The first-order valence-electron chi connectivity index (χ1n) is 26.2. The summed E-state index contributed by atoms with van der Waals surface area (Å²) in [5.41, 5.74) is 21.5. The Morgan fingerprint density at radius 2 is 1.18 bits per heavy atom. The Hall–Kier alpha value is -8.31. The van der Waals surface area contributed by atoms with Crippen LogP contribution in [0.2, 0.25) is 0 Å². The topological polar surface area (TPSA) is 17.4 Å². The summed E-state index contributed by atoms with van der Waals surface area (Å²) in [6.45, 7) is 4.86. The van der Waals surface area contributed by atoms with Gasteiger partial charge in [0, 0.05) is 66.6 Å². The molecule has 3 nitrogen and oxygen atoms in total. The summed E-state index contributed by atoms with van der Waals surface area (Å²) < 4.78 is 9.38. The predicted octanol–water partition coefficient (Wildman–Crippen LogP) is 17.4. The molecule has 352 valence electrons. The van der Waals surface area contributed by atoms with E-state index in [0.29, 0.717) is 5.92 Å². The number of hydrogen-bond donors (Lipinski definition) is 0. The molecule has 2 aliphatic heterocycles. The van der Waals surface area contributed by atoms with Crippen molar-refractivity contribution in [1.29, 1.82) is 0 Å². The minimum absolute atomic E-state index is 0.362. The summed E-state index contributed by atoms with van der Waals surface area (Å²) >= 11 is 1.90. The predicted molar refractivity (Wildman–Crippen MR) is 304 cm³/mol. The third-order valence-corrected chi connectivity index (χ3v) is 18.6. The van der Waals surface area contributed by atoms with Crippen molar-refractivity contribution in [3.8, 4) is 28.3 Å². The Balaban J connectivity index is 1.01. The number of aromatic nitrogens is 1. The van der Waals surface area contributed by atoms with Crippen molar-refractivity contribution in [2.45, 2.75) is 52.8 Å². The summed E-state index contributed by atoms with van der Waals surface area (Å²) in [5.74, 6) is 2.19. The molecule has 0 saturated carbocycles. The van der Waals surface area contributed by atoms with E-state index in [2.05, 4.69) is 260 Å². The van der Waals surface area contributed by atoms with Crippen molar-refractivity contribution in [2.24, 2.45) is 5.92 Å². The van der Waals surface area contributed by atoms with E-state index in [1.54, 1.807) is 0 Å². The van der Waals surface area contributed by atoms with E-state index < -0.39 is 16.4 Å². The first-order valence-corrected chi connectivity index (χ1v) is 27.0. The van der Waals surface area contributed by atoms with Gasteiger partial charge < -0.3 is 14.2 Å². The average molecular weight is 967 g/mol. The molecule has 9 aromatic carbocycles. The molecule has 74 heavy (non-hydrogen) atoms. The SMILES string of the molecule is CC1C=CC2=C(C1)c1c(N(c3ccc4c(c3)C3(c5ccccc5Sc5ccccc53)c3ccccc3-4)C3(C)C=Cc4c(n(-c5ccccc5)c5ccccc45)C3)cccc1C21c2ccccc2Oc2ccccc21. The number of fused-ring (bicyclic) bond motifs is 20. The van der Waals surface area contributed by atoms with Crippen molar-refractivity contribution in [2.75, 3.05) is 4.90 Å². The number of hydrogen-bond acceptors (Lipinski definition) is 3. The van der Waals surface area contributed by atoms with E-state index >= 15 is 0 Å². The smallest absolute Gasteiger partial charge is 0.132 e. The maximum absolute atomic E-state index is 6.85. The first kappa shape index (κ1) is 42.2. The van der Waals surface area contributed by atoms with Crippen LogP contribution in [0.5, 0.6) is 11.5 Å². The van der Waals surface area contributed by atoms with Crippen LogP contribution in [-0.4, -0.2) is 10.1 Å². The van der Waals surface area contributed by atoms with E-state index in [9.17, 15) is 0 Å². The Morgan fingerprint density at radius 1 is 0.554 bits per heavy atom. The molecule has 1 aromatic heterocycles. The van der Waals surface area contributed by atoms with Crippen LogP contribution in [0.4, 0.5) is 11.4 Å². The minimum Gasteiger partial charge on any atom is -0.457 e. The molecule has 0 N–H and O–H groups in total. The number of nitrogens with zero attached hydrogens (tertiary/aromatic N) is 2. The second-order valence-electron chi connectivity index (χ2n) is 21.3. The molecule has 0 amide bonds. The highest BCUT2D eigenvalue weighted by Crippen LogP contribution is 2.66. The zero-order valence-electron chi connectivity index (χ0n) is 41.2. The van der Waals surface area contributed by atoms with Gasteiger partial charge in [0.05, 0.1) is 21.9 Å². The van der Waals surface area contributed by atoms with Gasteiger partial charge in [0.15, 0.2) is 0 Å². The number of benzene rings is 9. The largest absolute Gasteiger partial charge is 0.457 e. The van der Waals surface area contributed by atoms with Gasteiger partial charge in [-0.05, 0) is 130 Å². The minimum atomic E-state index is -0.582. The number of allylic oxidation sites excluding steroid dienone is 4. The highest BCUT2D eigenvalue weighted by Gasteiger charge is 2.55. The Morgan fingerprint density at radius 3 is 1.93 bits per heavy atom. The van der Waals surface area contributed by atoms with Crippen LogP contribution in [0, 0.1) is 5.92 Å². The molecular formula is C70H50N2OS. The Labute approximate surface area is 436 Å². The molecule has 16 rings (SSSR count). The summed E-state index contributed by atoms with van der Waals surface area (Å²) in [4.78, 5) is 5.37. The highest BCUT2D eigenvalue weighted by atomic mass is 32.2. The first-order chi connectivity index (χ1) is 36.5. The molecule has 2 spiro atoms. The van der Waals surface area contributed by atoms with Gasteiger partial charge >= 0.3 is 0 Å². The van der Waals surface area contributed by atoms with Gasteiger partial charge in [0.2, 0.25) is 0 Å². The highest BCUT2D eigenvalue weighted by molar-refractivity contribution is 7.99. The van der Waals surface area contributed by atoms with E-state index in [1.807, 2.05) is 11.8 Å². The molecule has 3 heterocycles. The third-order valence-electron chi connectivity index (χ3n) is 17.4. The van der Waals surface area contributed by atoms with Crippen LogP contribution >= 0.6 is 11.8 Å². The molecule has 4 heteroatoms. The summed E-state index contributed by atoms with van der Waals surface area (Å²) in [6.07, 6.45) is 11.6. The normalized spacial score (nSPS) is 19.1.